The number of carbonyl (C=O) groups excluding carboxylic acids is 1. The SMILES string of the molecule is CC(C)Oc1cccc(NC(=O)NC2CCCCC2)c1. The van der Waals surface area contributed by atoms with Gasteiger partial charge in [-0.25, -0.2) is 4.79 Å². The molecule has 1 fully saturated rings. The van der Waals surface area contributed by atoms with E-state index in [0.29, 0.717) is 6.04 Å². The van der Waals surface area contributed by atoms with Crippen molar-refractivity contribution in [1.82, 2.24) is 5.32 Å². The first-order valence-electron chi connectivity index (χ1n) is 7.48. The van der Waals surface area contributed by atoms with Gasteiger partial charge in [0.25, 0.3) is 0 Å². The molecule has 0 saturated heterocycles. The molecule has 2 amide bonds. The first kappa shape index (κ1) is 14.7. The van der Waals surface area contributed by atoms with Gasteiger partial charge in [0, 0.05) is 17.8 Å². The molecule has 0 aromatic heterocycles. The number of nitrogens with one attached hydrogen (secondary N) is 2. The van der Waals surface area contributed by atoms with Crippen LogP contribution in [0.1, 0.15) is 46.0 Å². The van der Waals surface area contributed by atoms with Gasteiger partial charge < -0.3 is 15.4 Å². The van der Waals surface area contributed by atoms with Gasteiger partial charge >= 0.3 is 6.03 Å². The van der Waals surface area contributed by atoms with Gasteiger partial charge in [0.2, 0.25) is 0 Å². The Morgan fingerprint density at radius 1 is 1.25 bits per heavy atom. The molecule has 0 aliphatic heterocycles. The summed E-state index contributed by atoms with van der Waals surface area (Å²) >= 11 is 0. The maximum atomic E-state index is 12.0. The Bertz CT molecular complexity index is 440. The van der Waals surface area contributed by atoms with Crippen LogP contribution < -0.4 is 15.4 Å². The average molecular weight is 276 g/mol. The summed E-state index contributed by atoms with van der Waals surface area (Å²) in [5.41, 5.74) is 0.761. The van der Waals surface area contributed by atoms with Crippen LogP contribution in [0, 0.1) is 0 Å². The molecule has 4 heteroatoms. The van der Waals surface area contributed by atoms with Crippen LogP contribution in [0.4, 0.5) is 10.5 Å². The van der Waals surface area contributed by atoms with E-state index in [4.69, 9.17) is 4.74 Å². The largest absolute Gasteiger partial charge is 0.491 e. The average Bonchev–Trinajstić information content (AvgIpc) is 2.39. The van der Waals surface area contributed by atoms with Crippen LogP contribution in [0.2, 0.25) is 0 Å². The second kappa shape index (κ2) is 7.17. The maximum Gasteiger partial charge on any atom is 0.319 e. The summed E-state index contributed by atoms with van der Waals surface area (Å²) in [4.78, 5) is 12.0. The molecule has 1 aliphatic carbocycles. The van der Waals surface area contributed by atoms with E-state index in [1.807, 2.05) is 38.1 Å². The standard InChI is InChI=1S/C16H24N2O2/c1-12(2)20-15-10-6-9-14(11-15)18-16(19)17-13-7-4-3-5-8-13/h6,9-13H,3-5,7-8H2,1-2H3,(H2,17,18,19). The number of hydrogen-bond donors (Lipinski definition) is 2. The number of urea groups is 1. The Labute approximate surface area is 120 Å². The topological polar surface area (TPSA) is 50.4 Å². The van der Waals surface area contributed by atoms with Crippen LogP contribution in [0.25, 0.3) is 0 Å². The minimum atomic E-state index is -0.126. The van der Waals surface area contributed by atoms with Crippen LogP contribution in [0.5, 0.6) is 5.75 Å². The van der Waals surface area contributed by atoms with Crippen molar-refractivity contribution in [2.24, 2.45) is 0 Å². The monoisotopic (exact) mass is 276 g/mol. The first-order chi connectivity index (χ1) is 9.63. The summed E-state index contributed by atoms with van der Waals surface area (Å²) in [6.07, 6.45) is 6.01. The van der Waals surface area contributed by atoms with Crippen molar-refractivity contribution in [3.05, 3.63) is 24.3 Å². The number of carbonyl (C=O) groups is 1. The molecule has 2 N–H and O–H groups in total. The zero-order valence-corrected chi connectivity index (χ0v) is 12.3. The van der Waals surface area contributed by atoms with Crippen molar-refractivity contribution in [3.8, 4) is 5.75 Å². The third-order valence-corrected chi connectivity index (χ3v) is 3.40. The Morgan fingerprint density at radius 2 is 2.00 bits per heavy atom. The van der Waals surface area contributed by atoms with Gasteiger partial charge in [-0.2, -0.15) is 0 Å². The lowest BCUT2D eigenvalue weighted by Crippen LogP contribution is -2.39. The van der Waals surface area contributed by atoms with Crippen molar-refractivity contribution in [3.63, 3.8) is 0 Å². The Balaban J connectivity index is 1.86. The summed E-state index contributed by atoms with van der Waals surface area (Å²) in [7, 11) is 0. The summed E-state index contributed by atoms with van der Waals surface area (Å²) in [5.74, 6) is 0.774. The zero-order valence-electron chi connectivity index (χ0n) is 12.3. The van der Waals surface area contributed by atoms with Gasteiger partial charge in [-0.05, 0) is 38.8 Å². The lowest BCUT2D eigenvalue weighted by Gasteiger charge is -2.23. The normalized spacial score (nSPS) is 15.9. The van der Waals surface area contributed by atoms with E-state index in [2.05, 4.69) is 10.6 Å². The minimum absolute atomic E-state index is 0.126. The van der Waals surface area contributed by atoms with Gasteiger partial charge in [0.1, 0.15) is 5.75 Å². The van der Waals surface area contributed by atoms with Gasteiger partial charge in [-0.3, -0.25) is 0 Å². The van der Waals surface area contributed by atoms with Crippen LogP contribution >= 0.6 is 0 Å². The molecule has 0 heterocycles. The fourth-order valence-corrected chi connectivity index (χ4v) is 2.52. The number of benzene rings is 1. The van der Waals surface area contributed by atoms with Crippen molar-refractivity contribution in [2.75, 3.05) is 5.32 Å². The van der Waals surface area contributed by atoms with Crippen molar-refractivity contribution < 1.29 is 9.53 Å². The van der Waals surface area contributed by atoms with Crippen molar-refractivity contribution in [2.45, 2.75) is 58.1 Å². The molecule has 4 nitrogen and oxygen atoms in total. The summed E-state index contributed by atoms with van der Waals surface area (Å²) in [6.45, 7) is 3.96. The van der Waals surface area contributed by atoms with Crippen LogP contribution in [-0.4, -0.2) is 18.2 Å². The maximum absolute atomic E-state index is 12.0. The second-order valence-electron chi connectivity index (χ2n) is 5.63. The smallest absolute Gasteiger partial charge is 0.319 e. The molecule has 110 valence electrons. The third kappa shape index (κ3) is 4.76. The van der Waals surface area contributed by atoms with E-state index < -0.39 is 0 Å². The molecule has 0 bridgehead atoms. The summed E-state index contributed by atoms with van der Waals surface area (Å²) in [5, 5.41) is 5.91. The number of hydrogen-bond acceptors (Lipinski definition) is 2. The van der Waals surface area contributed by atoms with Gasteiger partial charge in [0.15, 0.2) is 0 Å². The Hall–Kier alpha value is -1.71. The lowest BCUT2D eigenvalue weighted by molar-refractivity contribution is 0.242. The molecule has 1 aromatic rings. The Morgan fingerprint density at radius 3 is 2.70 bits per heavy atom. The molecule has 2 rings (SSSR count). The van der Waals surface area contributed by atoms with Gasteiger partial charge in [-0.1, -0.05) is 25.3 Å². The second-order valence-corrected chi connectivity index (χ2v) is 5.63. The molecule has 1 aliphatic rings. The fourth-order valence-electron chi connectivity index (χ4n) is 2.52. The van der Waals surface area contributed by atoms with E-state index in [0.717, 1.165) is 24.3 Å². The van der Waals surface area contributed by atoms with Crippen molar-refractivity contribution in [1.29, 1.82) is 0 Å². The highest BCUT2D eigenvalue weighted by Crippen LogP contribution is 2.20. The molecular formula is C16H24N2O2. The predicted molar refractivity (Wildman–Crippen MR) is 81.2 cm³/mol. The van der Waals surface area contributed by atoms with Crippen LogP contribution in [0.15, 0.2) is 24.3 Å². The highest BCUT2D eigenvalue weighted by atomic mass is 16.5. The van der Waals surface area contributed by atoms with Gasteiger partial charge in [-0.15, -0.1) is 0 Å². The number of rotatable bonds is 4. The minimum Gasteiger partial charge on any atom is -0.491 e. The number of amides is 2. The lowest BCUT2D eigenvalue weighted by atomic mass is 9.96. The third-order valence-electron chi connectivity index (χ3n) is 3.40. The van der Waals surface area contributed by atoms with E-state index in [9.17, 15) is 4.79 Å². The molecule has 20 heavy (non-hydrogen) atoms. The molecule has 0 unspecified atom stereocenters. The van der Waals surface area contributed by atoms with E-state index in [1.165, 1.54) is 19.3 Å². The molecule has 0 radical (unpaired) electrons. The molecule has 1 saturated carbocycles. The van der Waals surface area contributed by atoms with Gasteiger partial charge in [0.05, 0.1) is 6.10 Å². The summed E-state index contributed by atoms with van der Waals surface area (Å²) in [6, 6.07) is 7.68. The van der Waals surface area contributed by atoms with Crippen LogP contribution in [-0.2, 0) is 0 Å². The van der Waals surface area contributed by atoms with E-state index in [-0.39, 0.29) is 12.1 Å². The van der Waals surface area contributed by atoms with Crippen LogP contribution in [0.3, 0.4) is 0 Å². The highest BCUT2D eigenvalue weighted by Gasteiger charge is 2.15. The molecular weight excluding hydrogens is 252 g/mol. The van der Waals surface area contributed by atoms with E-state index >= 15 is 0 Å². The number of ether oxygens (including phenoxy) is 1. The highest BCUT2D eigenvalue weighted by molar-refractivity contribution is 5.89. The number of anilines is 1. The summed E-state index contributed by atoms with van der Waals surface area (Å²) < 4.78 is 5.61. The van der Waals surface area contributed by atoms with E-state index in [1.54, 1.807) is 0 Å². The van der Waals surface area contributed by atoms with Crippen molar-refractivity contribution >= 4 is 11.7 Å². The molecule has 0 atom stereocenters. The Kier molecular flexibility index (Phi) is 5.27. The first-order valence-corrected chi connectivity index (χ1v) is 7.48. The fraction of sp³-hybridized carbons (Fsp3) is 0.562. The molecule has 1 aromatic carbocycles. The quantitative estimate of drug-likeness (QED) is 0.875. The predicted octanol–water partition coefficient (Wildman–Crippen LogP) is 3.93. The zero-order chi connectivity index (χ0) is 14.4. The molecule has 0 spiro atoms.